The molecule has 0 unspecified atom stereocenters. The molecule has 0 atom stereocenters. The fourth-order valence-electron chi connectivity index (χ4n) is 1.12. The van der Waals surface area contributed by atoms with E-state index in [1.807, 2.05) is 0 Å². The van der Waals surface area contributed by atoms with Crippen molar-refractivity contribution in [3.8, 4) is 0 Å². The zero-order chi connectivity index (χ0) is 12.9. The maximum absolute atomic E-state index is 11.7. The lowest BCUT2D eigenvalue weighted by atomic mass is 10.2. The van der Waals surface area contributed by atoms with E-state index >= 15 is 0 Å². The fourth-order valence-corrected chi connectivity index (χ4v) is 4.25. The van der Waals surface area contributed by atoms with Crippen molar-refractivity contribution in [2.24, 2.45) is 0 Å². The predicted molar refractivity (Wildman–Crippen MR) is 68.7 cm³/mol. The van der Waals surface area contributed by atoms with Crippen LogP contribution in [0.1, 0.15) is 19.3 Å². The van der Waals surface area contributed by atoms with Crippen molar-refractivity contribution < 1.29 is 18.3 Å². The minimum Gasteiger partial charge on any atom is -0.481 e. The minimum absolute atomic E-state index is 0.0618. The minimum atomic E-state index is -3.45. The highest BCUT2D eigenvalue weighted by atomic mass is 79.9. The summed E-state index contributed by atoms with van der Waals surface area (Å²) in [5, 5.41) is 8.41. The first-order valence-corrected chi connectivity index (χ1v) is 7.98. The van der Waals surface area contributed by atoms with E-state index in [1.165, 1.54) is 6.07 Å². The zero-order valence-corrected chi connectivity index (χ0v) is 12.1. The van der Waals surface area contributed by atoms with E-state index in [9.17, 15) is 13.2 Å². The summed E-state index contributed by atoms with van der Waals surface area (Å²) in [6, 6.07) is 3.19. The van der Waals surface area contributed by atoms with Crippen LogP contribution >= 0.6 is 27.3 Å². The standard InChI is InChI=1S/C9H12BrNO4S2/c10-7-4-5-9(16-7)17(14,15)11-6-2-1-3-8(12)13/h4-5,11H,1-3,6H2,(H,12,13). The molecular weight excluding hydrogens is 330 g/mol. The van der Waals surface area contributed by atoms with Crippen LogP contribution in [0.4, 0.5) is 0 Å². The average molecular weight is 342 g/mol. The lowest BCUT2D eigenvalue weighted by Crippen LogP contribution is -2.24. The summed E-state index contributed by atoms with van der Waals surface area (Å²) in [7, 11) is -3.45. The average Bonchev–Trinajstić information content (AvgIpc) is 2.64. The molecule has 1 aromatic rings. The third kappa shape index (κ3) is 5.15. The molecule has 0 fully saturated rings. The van der Waals surface area contributed by atoms with Crippen LogP contribution in [0.2, 0.25) is 0 Å². The van der Waals surface area contributed by atoms with Crippen LogP contribution in [-0.4, -0.2) is 26.0 Å². The van der Waals surface area contributed by atoms with Crippen LogP contribution in [0.25, 0.3) is 0 Å². The third-order valence-electron chi connectivity index (χ3n) is 1.92. The second-order valence-electron chi connectivity index (χ2n) is 3.31. The maximum Gasteiger partial charge on any atom is 0.303 e. The predicted octanol–water partition coefficient (Wildman–Crippen LogP) is 2.04. The van der Waals surface area contributed by atoms with Gasteiger partial charge in [0.1, 0.15) is 4.21 Å². The number of sulfonamides is 1. The Hall–Kier alpha value is -0.440. The first-order valence-electron chi connectivity index (χ1n) is 4.88. The van der Waals surface area contributed by atoms with Gasteiger partial charge in [-0.2, -0.15) is 0 Å². The van der Waals surface area contributed by atoms with E-state index in [0.717, 1.165) is 15.1 Å². The van der Waals surface area contributed by atoms with Gasteiger partial charge >= 0.3 is 5.97 Å². The summed E-state index contributed by atoms with van der Waals surface area (Å²) in [5.74, 6) is -0.866. The molecule has 0 spiro atoms. The molecule has 0 aliphatic heterocycles. The summed E-state index contributed by atoms with van der Waals surface area (Å²) in [5.41, 5.74) is 0. The first-order chi connectivity index (χ1) is 7.92. The molecule has 0 radical (unpaired) electrons. The number of aliphatic carboxylic acids is 1. The Morgan fingerprint density at radius 1 is 1.41 bits per heavy atom. The van der Waals surface area contributed by atoms with E-state index in [-0.39, 0.29) is 17.2 Å². The van der Waals surface area contributed by atoms with Gasteiger partial charge in [0.2, 0.25) is 10.0 Å². The lowest BCUT2D eigenvalue weighted by molar-refractivity contribution is -0.137. The first kappa shape index (κ1) is 14.6. The fraction of sp³-hybridized carbons (Fsp3) is 0.444. The van der Waals surface area contributed by atoms with Gasteiger partial charge in [0.15, 0.2) is 0 Å². The molecule has 17 heavy (non-hydrogen) atoms. The van der Waals surface area contributed by atoms with Crippen LogP contribution < -0.4 is 4.72 Å². The molecule has 1 heterocycles. The molecule has 0 aliphatic carbocycles. The van der Waals surface area contributed by atoms with E-state index in [2.05, 4.69) is 20.7 Å². The molecule has 0 saturated heterocycles. The molecule has 0 saturated carbocycles. The Kier molecular flexibility index (Phi) is 5.57. The van der Waals surface area contributed by atoms with E-state index in [1.54, 1.807) is 6.07 Å². The van der Waals surface area contributed by atoms with Gasteiger partial charge in [-0.3, -0.25) is 4.79 Å². The molecule has 96 valence electrons. The number of hydrogen-bond acceptors (Lipinski definition) is 4. The van der Waals surface area contributed by atoms with Gasteiger partial charge in [-0.05, 0) is 40.9 Å². The molecule has 5 nitrogen and oxygen atoms in total. The third-order valence-corrected chi connectivity index (χ3v) is 5.50. The molecule has 1 rings (SSSR count). The maximum atomic E-state index is 11.7. The molecule has 0 aromatic carbocycles. The number of hydrogen-bond donors (Lipinski definition) is 2. The topological polar surface area (TPSA) is 83.5 Å². The number of carboxylic acids is 1. The molecule has 0 bridgehead atoms. The number of halogens is 1. The van der Waals surface area contributed by atoms with Gasteiger partial charge in [0, 0.05) is 13.0 Å². The monoisotopic (exact) mass is 341 g/mol. The molecule has 0 aliphatic rings. The van der Waals surface area contributed by atoms with Crippen molar-refractivity contribution in [3.05, 3.63) is 15.9 Å². The van der Waals surface area contributed by atoms with Crippen LogP contribution in [0.5, 0.6) is 0 Å². The number of carboxylic acid groups (broad SMARTS) is 1. The largest absolute Gasteiger partial charge is 0.481 e. The number of unbranched alkanes of at least 4 members (excludes halogenated alkanes) is 1. The molecule has 2 N–H and O–H groups in total. The van der Waals surface area contributed by atoms with Crippen molar-refractivity contribution in [2.45, 2.75) is 23.5 Å². The Morgan fingerprint density at radius 2 is 2.12 bits per heavy atom. The van der Waals surface area contributed by atoms with Crippen molar-refractivity contribution in [1.29, 1.82) is 0 Å². The lowest BCUT2D eigenvalue weighted by Gasteiger charge is -2.03. The summed E-state index contributed by atoms with van der Waals surface area (Å²) in [6.45, 7) is 0.255. The summed E-state index contributed by atoms with van der Waals surface area (Å²) >= 11 is 4.33. The Balaban J connectivity index is 2.38. The normalized spacial score (nSPS) is 11.6. The highest BCUT2D eigenvalue weighted by Crippen LogP contribution is 2.25. The number of thiophene rings is 1. The quantitative estimate of drug-likeness (QED) is 0.743. The van der Waals surface area contributed by atoms with Crippen molar-refractivity contribution in [1.82, 2.24) is 4.72 Å². The van der Waals surface area contributed by atoms with Gasteiger partial charge < -0.3 is 5.11 Å². The van der Waals surface area contributed by atoms with E-state index in [0.29, 0.717) is 12.8 Å². The van der Waals surface area contributed by atoms with Crippen molar-refractivity contribution in [3.63, 3.8) is 0 Å². The van der Waals surface area contributed by atoms with Crippen molar-refractivity contribution >= 4 is 43.3 Å². The van der Waals surface area contributed by atoms with Gasteiger partial charge in [-0.15, -0.1) is 11.3 Å². The number of carbonyl (C=O) groups is 1. The van der Waals surface area contributed by atoms with E-state index < -0.39 is 16.0 Å². The smallest absolute Gasteiger partial charge is 0.303 e. The van der Waals surface area contributed by atoms with Crippen LogP contribution in [0.3, 0.4) is 0 Å². The second-order valence-corrected chi connectivity index (χ2v) is 7.76. The summed E-state index contributed by atoms with van der Waals surface area (Å²) < 4.78 is 26.8. The van der Waals surface area contributed by atoms with Crippen LogP contribution in [-0.2, 0) is 14.8 Å². The highest BCUT2D eigenvalue weighted by molar-refractivity contribution is 9.11. The van der Waals surface area contributed by atoms with Gasteiger partial charge in [-0.25, -0.2) is 13.1 Å². The van der Waals surface area contributed by atoms with Crippen molar-refractivity contribution in [2.75, 3.05) is 6.54 Å². The molecular formula is C9H12BrNO4S2. The Bertz CT molecular complexity index is 483. The van der Waals surface area contributed by atoms with Crippen LogP contribution in [0, 0.1) is 0 Å². The SMILES string of the molecule is O=C(O)CCCCNS(=O)(=O)c1ccc(Br)s1. The summed E-state index contributed by atoms with van der Waals surface area (Å²) in [6.07, 6.45) is 1.04. The molecule has 1 aromatic heterocycles. The summed E-state index contributed by atoms with van der Waals surface area (Å²) in [4.78, 5) is 10.2. The van der Waals surface area contributed by atoms with Gasteiger partial charge in [-0.1, -0.05) is 0 Å². The van der Waals surface area contributed by atoms with E-state index in [4.69, 9.17) is 5.11 Å². The highest BCUT2D eigenvalue weighted by Gasteiger charge is 2.15. The molecule has 8 heteroatoms. The number of nitrogens with one attached hydrogen (secondary N) is 1. The Labute approximate surface area is 112 Å². The van der Waals surface area contributed by atoms with Gasteiger partial charge in [0.25, 0.3) is 0 Å². The Morgan fingerprint density at radius 3 is 2.65 bits per heavy atom. The second kappa shape index (κ2) is 6.48. The van der Waals surface area contributed by atoms with Gasteiger partial charge in [0.05, 0.1) is 3.79 Å². The number of rotatable bonds is 7. The van der Waals surface area contributed by atoms with Crippen LogP contribution in [0.15, 0.2) is 20.1 Å². The zero-order valence-electron chi connectivity index (χ0n) is 8.85. The molecule has 0 amide bonds.